The first-order chi connectivity index (χ1) is 12.9. The molecule has 0 aliphatic carbocycles. The van der Waals surface area contributed by atoms with Gasteiger partial charge >= 0.3 is 0 Å². The zero-order valence-electron chi connectivity index (χ0n) is 16.3. The average molecular weight is 382 g/mol. The van der Waals surface area contributed by atoms with Crippen molar-refractivity contribution in [2.24, 2.45) is 0 Å². The lowest BCUT2D eigenvalue weighted by Crippen LogP contribution is -2.14. The maximum Gasteiger partial charge on any atom is 0.0701 e. The Kier molecular flexibility index (Phi) is 24.4. The third kappa shape index (κ3) is 23.7. The highest BCUT2D eigenvalue weighted by molar-refractivity contribution is 4.37. The van der Waals surface area contributed by atoms with Crippen molar-refractivity contribution in [2.75, 3.05) is 99.1 Å². The molecule has 158 valence electrons. The van der Waals surface area contributed by atoms with E-state index in [2.05, 4.69) is 6.92 Å². The quantitative estimate of drug-likeness (QED) is 0.261. The Labute approximate surface area is 158 Å². The van der Waals surface area contributed by atoms with Crippen molar-refractivity contribution in [1.29, 1.82) is 0 Å². The Bertz CT molecular complexity index is 219. The average Bonchev–Trinajstić information content (AvgIpc) is 2.66. The van der Waals surface area contributed by atoms with Gasteiger partial charge in [0.25, 0.3) is 0 Å². The minimum Gasteiger partial charge on any atom is -0.394 e. The van der Waals surface area contributed by atoms with Gasteiger partial charge in [0.2, 0.25) is 0 Å². The highest BCUT2D eigenvalue weighted by Crippen LogP contribution is 1.88. The Hall–Kier alpha value is -0.320. The first-order valence-corrected chi connectivity index (χ1v) is 9.56. The molecule has 0 aromatic heterocycles. The first kappa shape index (κ1) is 25.7. The van der Waals surface area contributed by atoms with E-state index in [0.717, 1.165) is 19.4 Å². The molecule has 0 rings (SSSR count). The van der Waals surface area contributed by atoms with Crippen molar-refractivity contribution < 1.29 is 38.3 Å². The minimum atomic E-state index is 0.0382. The van der Waals surface area contributed by atoms with Gasteiger partial charge in [0.05, 0.1) is 92.5 Å². The number of ether oxygens (including phenoxy) is 7. The molecule has 0 aliphatic heterocycles. The molecular weight excluding hydrogens is 344 g/mol. The lowest BCUT2D eigenvalue weighted by molar-refractivity contribution is -0.0215. The molecule has 0 bridgehead atoms. The van der Waals surface area contributed by atoms with Gasteiger partial charge in [-0.25, -0.2) is 0 Å². The van der Waals surface area contributed by atoms with Crippen LogP contribution in [0.15, 0.2) is 0 Å². The summed E-state index contributed by atoms with van der Waals surface area (Å²) in [5.41, 5.74) is 0. The molecule has 0 saturated carbocycles. The number of hydrogen-bond acceptors (Lipinski definition) is 8. The summed E-state index contributed by atoms with van der Waals surface area (Å²) in [4.78, 5) is 0. The normalized spacial score (nSPS) is 11.3. The summed E-state index contributed by atoms with van der Waals surface area (Å²) in [7, 11) is 0. The fourth-order valence-electron chi connectivity index (χ4n) is 1.73. The van der Waals surface area contributed by atoms with Crippen LogP contribution in [0.3, 0.4) is 0 Å². The SMILES string of the molecule is CCCCOCCOCCOCCOCCOCCOCCOCCO. The van der Waals surface area contributed by atoms with E-state index >= 15 is 0 Å². The fourth-order valence-corrected chi connectivity index (χ4v) is 1.73. The maximum absolute atomic E-state index is 8.52. The van der Waals surface area contributed by atoms with E-state index in [1.165, 1.54) is 0 Å². The Morgan fingerprint density at radius 2 is 0.692 bits per heavy atom. The molecule has 0 spiro atoms. The zero-order chi connectivity index (χ0) is 19.0. The summed E-state index contributed by atoms with van der Waals surface area (Å²) in [5.74, 6) is 0. The van der Waals surface area contributed by atoms with Gasteiger partial charge < -0.3 is 38.3 Å². The Morgan fingerprint density at radius 3 is 0.962 bits per heavy atom. The van der Waals surface area contributed by atoms with Crippen LogP contribution in [0.5, 0.6) is 0 Å². The highest BCUT2D eigenvalue weighted by Gasteiger charge is 1.94. The van der Waals surface area contributed by atoms with Crippen molar-refractivity contribution in [3.8, 4) is 0 Å². The molecule has 0 aliphatic rings. The standard InChI is InChI=1S/C18H38O8/c1-2-3-5-20-7-9-22-11-13-24-15-17-26-18-16-25-14-12-23-10-8-21-6-4-19/h19H,2-18H2,1H3. The minimum absolute atomic E-state index is 0.0382. The molecule has 0 aromatic rings. The van der Waals surface area contributed by atoms with Crippen LogP contribution < -0.4 is 0 Å². The van der Waals surface area contributed by atoms with Crippen LogP contribution in [-0.4, -0.2) is 104 Å². The Balaban J connectivity index is 2.95. The third-order valence-corrected chi connectivity index (χ3v) is 3.11. The molecule has 0 amide bonds. The predicted octanol–water partition coefficient (Wildman–Crippen LogP) is 0.895. The second kappa shape index (κ2) is 24.7. The summed E-state index contributed by atoms with van der Waals surface area (Å²) in [6, 6.07) is 0. The fraction of sp³-hybridized carbons (Fsp3) is 1.00. The first-order valence-electron chi connectivity index (χ1n) is 9.56. The van der Waals surface area contributed by atoms with E-state index in [-0.39, 0.29) is 6.61 Å². The highest BCUT2D eigenvalue weighted by atomic mass is 16.6. The van der Waals surface area contributed by atoms with Gasteiger partial charge in [0.1, 0.15) is 0 Å². The summed E-state index contributed by atoms with van der Waals surface area (Å²) in [6.07, 6.45) is 2.25. The third-order valence-electron chi connectivity index (χ3n) is 3.11. The van der Waals surface area contributed by atoms with Crippen LogP contribution in [0, 0.1) is 0 Å². The largest absolute Gasteiger partial charge is 0.394 e. The van der Waals surface area contributed by atoms with Crippen LogP contribution in [-0.2, 0) is 33.2 Å². The van der Waals surface area contributed by atoms with Gasteiger partial charge in [-0.3, -0.25) is 0 Å². The van der Waals surface area contributed by atoms with Gasteiger partial charge in [0.15, 0.2) is 0 Å². The summed E-state index contributed by atoms with van der Waals surface area (Å²) < 4.78 is 37.3. The van der Waals surface area contributed by atoms with E-state index in [1.807, 2.05) is 0 Å². The molecule has 0 radical (unpaired) electrons. The van der Waals surface area contributed by atoms with Crippen LogP contribution in [0.2, 0.25) is 0 Å². The Morgan fingerprint density at radius 1 is 0.423 bits per heavy atom. The van der Waals surface area contributed by atoms with E-state index in [9.17, 15) is 0 Å². The number of hydrogen-bond donors (Lipinski definition) is 1. The molecule has 8 nitrogen and oxygen atoms in total. The molecule has 0 atom stereocenters. The van der Waals surface area contributed by atoms with E-state index in [0.29, 0.717) is 85.9 Å². The smallest absolute Gasteiger partial charge is 0.0701 e. The summed E-state index contributed by atoms with van der Waals surface area (Å²) in [6.45, 7) is 9.94. The van der Waals surface area contributed by atoms with Crippen molar-refractivity contribution in [1.82, 2.24) is 0 Å². The van der Waals surface area contributed by atoms with E-state index in [4.69, 9.17) is 38.3 Å². The van der Waals surface area contributed by atoms with Crippen molar-refractivity contribution >= 4 is 0 Å². The zero-order valence-corrected chi connectivity index (χ0v) is 16.3. The summed E-state index contributed by atoms with van der Waals surface area (Å²) >= 11 is 0. The predicted molar refractivity (Wildman–Crippen MR) is 97.7 cm³/mol. The number of aliphatic hydroxyl groups is 1. The monoisotopic (exact) mass is 382 g/mol. The lowest BCUT2D eigenvalue weighted by atomic mass is 10.4. The molecule has 1 N–H and O–H groups in total. The van der Waals surface area contributed by atoms with Gasteiger partial charge in [-0.1, -0.05) is 13.3 Å². The van der Waals surface area contributed by atoms with Crippen LogP contribution in [0.4, 0.5) is 0 Å². The maximum atomic E-state index is 8.52. The van der Waals surface area contributed by atoms with Crippen LogP contribution in [0.1, 0.15) is 19.8 Å². The topological polar surface area (TPSA) is 84.8 Å². The molecule has 0 saturated heterocycles. The number of unbranched alkanes of at least 4 members (excludes halogenated alkanes) is 1. The number of rotatable bonds is 23. The van der Waals surface area contributed by atoms with E-state index < -0.39 is 0 Å². The van der Waals surface area contributed by atoms with Crippen molar-refractivity contribution in [2.45, 2.75) is 19.8 Å². The molecule has 0 heterocycles. The van der Waals surface area contributed by atoms with Crippen molar-refractivity contribution in [3.63, 3.8) is 0 Å². The van der Waals surface area contributed by atoms with Gasteiger partial charge in [-0.15, -0.1) is 0 Å². The molecule has 0 unspecified atom stereocenters. The van der Waals surface area contributed by atoms with Crippen molar-refractivity contribution in [3.05, 3.63) is 0 Å². The second-order valence-electron chi connectivity index (χ2n) is 5.36. The second-order valence-corrected chi connectivity index (χ2v) is 5.36. The summed E-state index contributed by atoms with van der Waals surface area (Å²) in [5, 5.41) is 8.52. The molecule has 0 fully saturated rings. The van der Waals surface area contributed by atoms with Crippen LogP contribution in [0.25, 0.3) is 0 Å². The molecule has 8 heteroatoms. The van der Waals surface area contributed by atoms with Gasteiger partial charge in [-0.05, 0) is 6.42 Å². The van der Waals surface area contributed by atoms with Gasteiger partial charge in [-0.2, -0.15) is 0 Å². The molecule has 0 aromatic carbocycles. The van der Waals surface area contributed by atoms with E-state index in [1.54, 1.807) is 0 Å². The number of aliphatic hydroxyl groups excluding tert-OH is 1. The molecular formula is C18H38O8. The molecule has 26 heavy (non-hydrogen) atoms. The van der Waals surface area contributed by atoms with Gasteiger partial charge in [0, 0.05) is 6.61 Å². The lowest BCUT2D eigenvalue weighted by Gasteiger charge is -2.08. The van der Waals surface area contributed by atoms with Crippen LogP contribution >= 0.6 is 0 Å².